The second kappa shape index (κ2) is 5.57. The summed E-state index contributed by atoms with van der Waals surface area (Å²) >= 11 is 0. The van der Waals surface area contributed by atoms with E-state index in [2.05, 4.69) is 11.8 Å². The van der Waals surface area contributed by atoms with Gasteiger partial charge in [0.25, 0.3) is 0 Å². The summed E-state index contributed by atoms with van der Waals surface area (Å²) in [5.41, 5.74) is -0.650. The van der Waals surface area contributed by atoms with Crippen molar-refractivity contribution in [2.24, 2.45) is 11.8 Å². The molecule has 0 spiro atoms. The Hall–Kier alpha value is -0.610. The third-order valence-electron chi connectivity index (χ3n) is 4.52. The zero-order valence-corrected chi connectivity index (χ0v) is 11.3. The third kappa shape index (κ3) is 3.45. The van der Waals surface area contributed by atoms with Crippen molar-refractivity contribution in [2.45, 2.75) is 51.0 Å². The number of likely N-dealkylation sites (tertiary alicyclic amines) is 1. The monoisotopic (exact) mass is 255 g/mol. The number of aliphatic carboxylic acids is 1. The standard InChI is InChI=1S/C14H25NO3/c1-11-3-2-8-15(9-11)10-14(18)6-4-12(5-7-14)13(16)17/h11-12,18H,2-10H2,1H3,(H,16,17). The number of carbonyl (C=O) groups is 1. The fraction of sp³-hybridized carbons (Fsp3) is 0.929. The Bertz CT molecular complexity index is 297. The molecule has 1 saturated carbocycles. The smallest absolute Gasteiger partial charge is 0.306 e. The van der Waals surface area contributed by atoms with E-state index in [9.17, 15) is 9.90 Å². The van der Waals surface area contributed by atoms with Gasteiger partial charge in [-0.2, -0.15) is 0 Å². The van der Waals surface area contributed by atoms with Gasteiger partial charge in [0.1, 0.15) is 0 Å². The van der Waals surface area contributed by atoms with Crippen molar-refractivity contribution in [3.05, 3.63) is 0 Å². The van der Waals surface area contributed by atoms with Crippen molar-refractivity contribution < 1.29 is 15.0 Å². The maximum atomic E-state index is 10.9. The van der Waals surface area contributed by atoms with E-state index < -0.39 is 11.6 Å². The maximum Gasteiger partial charge on any atom is 0.306 e. The Morgan fingerprint density at radius 2 is 2.00 bits per heavy atom. The molecule has 2 N–H and O–H groups in total. The van der Waals surface area contributed by atoms with Crippen LogP contribution in [0.1, 0.15) is 45.4 Å². The Balaban J connectivity index is 1.83. The summed E-state index contributed by atoms with van der Waals surface area (Å²) in [6.07, 6.45) is 5.01. The lowest BCUT2D eigenvalue weighted by Crippen LogP contribution is -2.48. The molecule has 104 valence electrons. The van der Waals surface area contributed by atoms with Gasteiger partial charge in [0, 0.05) is 13.1 Å². The summed E-state index contributed by atoms with van der Waals surface area (Å²) in [7, 11) is 0. The van der Waals surface area contributed by atoms with E-state index in [1.54, 1.807) is 0 Å². The number of carboxylic acid groups (broad SMARTS) is 1. The number of hydrogen-bond acceptors (Lipinski definition) is 3. The number of hydrogen-bond donors (Lipinski definition) is 2. The topological polar surface area (TPSA) is 60.8 Å². The molecule has 0 aromatic heterocycles. The van der Waals surface area contributed by atoms with Crippen LogP contribution in [-0.2, 0) is 4.79 Å². The molecule has 4 nitrogen and oxygen atoms in total. The highest BCUT2D eigenvalue weighted by Gasteiger charge is 2.37. The highest BCUT2D eigenvalue weighted by atomic mass is 16.4. The van der Waals surface area contributed by atoms with Crippen LogP contribution in [0.4, 0.5) is 0 Å². The second-order valence-electron chi connectivity index (χ2n) is 6.32. The van der Waals surface area contributed by atoms with Gasteiger partial charge in [-0.05, 0) is 51.0 Å². The van der Waals surface area contributed by atoms with Crippen LogP contribution in [-0.4, -0.2) is 46.3 Å². The first-order valence-electron chi connectivity index (χ1n) is 7.16. The van der Waals surface area contributed by atoms with E-state index in [-0.39, 0.29) is 5.92 Å². The van der Waals surface area contributed by atoms with E-state index in [4.69, 9.17) is 5.11 Å². The van der Waals surface area contributed by atoms with Crippen LogP contribution in [0.15, 0.2) is 0 Å². The molecular weight excluding hydrogens is 230 g/mol. The first kappa shape index (κ1) is 13.8. The van der Waals surface area contributed by atoms with Gasteiger partial charge in [0.05, 0.1) is 11.5 Å². The van der Waals surface area contributed by atoms with Crippen molar-refractivity contribution >= 4 is 5.97 Å². The molecule has 0 amide bonds. The van der Waals surface area contributed by atoms with E-state index in [0.29, 0.717) is 25.7 Å². The van der Waals surface area contributed by atoms with Crippen LogP contribution >= 0.6 is 0 Å². The molecule has 4 heteroatoms. The number of rotatable bonds is 3. The summed E-state index contributed by atoms with van der Waals surface area (Å²) in [5, 5.41) is 19.5. The van der Waals surface area contributed by atoms with Crippen LogP contribution in [0.3, 0.4) is 0 Å². The molecule has 18 heavy (non-hydrogen) atoms. The van der Waals surface area contributed by atoms with E-state index in [1.807, 2.05) is 0 Å². The van der Waals surface area contributed by atoms with Gasteiger partial charge in [-0.15, -0.1) is 0 Å². The summed E-state index contributed by atoms with van der Waals surface area (Å²) in [6.45, 7) is 5.14. The average molecular weight is 255 g/mol. The minimum atomic E-state index is -0.705. The summed E-state index contributed by atoms with van der Waals surface area (Å²) in [6, 6.07) is 0. The van der Waals surface area contributed by atoms with E-state index in [1.165, 1.54) is 12.8 Å². The lowest BCUT2D eigenvalue weighted by Gasteiger charge is -2.41. The molecule has 0 aromatic rings. The van der Waals surface area contributed by atoms with Gasteiger partial charge in [-0.1, -0.05) is 6.92 Å². The lowest BCUT2D eigenvalue weighted by molar-refractivity contribution is -0.145. The molecule has 1 saturated heterocycles. The summed E-state index contributed by atoms with van der Waals surface area (Å²) < 4.78 is 0. The fourth-order valence-corrected chi connectivity index (χ4v) is 3.41. The number of carboxylic acids is 1. The predicted molar refractivity (Wildman–Crippen MR) is 69.4 cm³/mol. The normalized spacial score (nSPS) is 38.6. The molecule has 1 aliphatic heterocycles. The highest BCUT2D eigenvalue weighted by molar-refractivity contribution is 5.70. The van der Waals surface area contributed by atoms with Crippen molar-refractivity contribution in [2.75, 3.05) is 19.6 Å². The zero-order valence-electron chi connectivity index (χ0n) is 11.3. The average Bonchev–Trinajstić information content (AvgIpc) is 2.29. The third-order valence-corrected chi connectivity index (χ3v) is 4.52. The van der Waals surface area contributed by atoms with Crippen molar-refractivity contribution in [3.63, 3.8) is 0 Å². The van der Waals surface area contributed by atoms with E-state index >= 15 is 0 Å². The van der Waals surface area contributed by atoms with Crippen LogP contribution < -0.4 is 0 Å². The molecule has 1 unspecified atom stereocenters. The second-order valence-corrected chi connectivity index (χ2v) is 6.32. The number of nitrogens with zero attached hydrogens (tertiary/aromatic N) is 1. The minimum Gasteiger partial charge on any atom is -0.481 e. The van der Waals surface area contributed by atoms with Crippen molar-refractivity contribution in [1.29, 1.82) is 0 Å². The van der Waals surface area contributed by atoms with Gasteiger partial charge in [-0.3, -0.25) is 4.79 Å². The van der Waals surface area contributed by atoms with Crippen molar-refractivity contribution in [1.82, 2.24) is 4.90 Å². The molecule has 1 heterocycles. The molecule has 0 radical (unpaired) electrons. The molecule has 1 aliphatic carbocycles. The SMILES string of the molecule is CC1CCCN(CC2(O)CCC(C(=O)O)CC2)C1. The molecule has 2 rings (SSSR count). The van der Waals surface area contributed by atoms with Gasteiger partial charge >= 0.3 is 5.97 Å². The van der Waals surface area contributed by atoms with Crippen molar-refractivity contribution in [3.8, 4) is 0 Å². The first-order valence-corrected chi connectivity index (χ1v) is 7.16. The molecule has 2 aliphatic rings. The Kier molecular flexibility index (Phi) is 4.28. The predicted octanol–water partition coefficient (Wildman–Crippen LogP) is 1.72. The van der Waals surface area contributed by atoms with Gasteiger partial charge in [0.15, 0.2) is 0 Å². The van der Waals surface area contributed by atoms with Gasteiger partial charge < -0.3 is 15.1 Å². The fourth-order valence-electron chi connectivity index (χ4n) is 3.41. The number of piperidine rings is 1. The zero-order chi connectivity index (χ0) is 13.2. The van der Waals surface area contributed by atoms with Crippen LogP contribution in [0, 0.1) is 11.8 Å². The summed E-state index contributed by atoms with van der Waals surface area (Å²) in [4.78, 5) is 13.3. The number of aliphatic hydroxyl groups is 1. The highest BCUT2D eigenvalue weighted by Crippen LogP contribution is 2.33. The molecule has 2 fully saturated rings. The largest absolute Gasteiger partial charge is 0.481 e. The number of β-amino-alcohol motifs (C(OH)–C–C–N with tert-alkyl or cyclic N) is 1. The lowest BCUT2D eigenvalue weighted by atomic mass is 9.78. The van der Waals surface area contributed by atoms with Gasteiger partial charge in [0.2, 0.25) is 0 Å². The minimum absolute atomic E-state index is 0.245. The Morgan fingerprint density at radius 3 is 2.56 bits per heavy atom. The summed E-state index contributed by atoms with van der Waals surface area (Å²) in [5.74, 6) is -0.230. The van der Waals surface area contributed by atoms with Crippen LogP contribution in [0.5, 0.6) is 0 Å². The first-order chi connectivity index (χ1) is 8.48. The van der Waals surface area contributed by atoms with Gasteiger partial charge in [-0.25, -0.2) is 0 Å². The maximum absolute atomic E-state index is 10.9. The quantitative estimate of drug-likeness (QED) is 0.806. The Labute approximate surface area is 109 Å². The van der Waals surface area contributed by atoms with Crippen LogP contribution in [0.25, 0.3) is 0 Å². The molecular formula is C14H25NO3. The Morgan fingerprint density at radius 1 is 1.33 bits per heavy atom. The van der Waals surface area contributed by atoms with Crippen LogP contribution in [0.2, 0.25) is 0 Å². The van der Waals surface area contributed by atoms with E-state index in [0.717, 1.165) is 25.6 Å². The molecule has 1 atom stereocenters. The molecule has 0 aromatic carbocycles. The molecule has 0 bridgehead atoms.